The summed E-state index contributed by atoms with van der Waals surface area (Å²) in [4.78, 5) is 1.22. The maximum atomic E-state index is 5.83. The summed E-state index contributed by atoms with van der Waals surface area (Å²) in [5.74, 6) is 0. The summed E-state index contributed by atoms with van der Waals surface area (Å²) >= 11 is 8.69. The Bertz CT molecular complexity index is 465. The van der Waals surface area contributed by atoms with Crippen molar-refractivity contribution in [3.05, 3.63) is 49.5 Å². The SMILES string of the molecule is NCC(Nc1ccccc1)c1cc(Br)c(Br)s1. The minimum atomic E-state index is 0.144. The van der Waals surface area contributed by atoms with Gasteiger partial charge in [0.25, 0.3) is 0 Å². The van der Waals surface area contributed by atoms with Crippen LogP contribution in [-0.4, -0.2) is 6.54 Å². The number of para-hydroxylation sites is 1. The number of rotatable bonds is 4. The molecule has 1 aromatic carbocycles. The molecule has 17 heavy (non-hydrogen) atoms. The molecule has 1 heterocycles. The first-order chi connectivity index (χ1) is 8.20. The Morgan fingerprint density at radius 2 is 1.94 bits per heavy atom. The first-order valence-corrected chi connectivity index (χ1v) is 7.57. The second kappa shape index (κ2) is 6.00. The summed E-state index contributed by atoms with van der Waals surface area (Å²) in [7, 11) is 0. The second-order valence-electron chi connectivity index (χ2n) is 3.57. The molecule has 0 aliphatic carbocycles. The molecule has 0 saturated carbocycles. The van der Waals surface area contributed by atoms with Gasteiger partial charge in [-0.3, -0.25) is 0 Å². The molecule has 0 fully saturated rings. The smallest absolute Gasteiger partial charge is 0.0844 e. The fourth-order valence-corrected chi connectivity index (χ4v) is 3.67. The number of nitrogens with two attached hydrogens (primary N) is 1. The zero-order valence-electron chi connectivity index (χ0n) is 8.99. The predicted octanol–water partition coefficient (Wildman–Crippen LogP) is 4.39. The van der Waals surface area contributed by atoms with Crippen molar-refractivity contribution >= 4 is 48.9 Å². The third-order valence-corrected chi connectivity index (χ3v) is 5.73. The molecule has 5 heteroatoms. The van der Waals surface area contributed by atoms with E-state index in [9.17, 15) is 0 Å². The van der Waals surface area contributed by atoms with E-state index in [0.717, 1.165) is 13.9 Å². The molecule has 2 aromatic rings. The average molecular weight is 376 g/mol. The third kappa shape index (κ3) is 3.31. The number of nitrogens with one attached hydrogen (secondary N) is 1. The van der Waals surface area contributed by atoms with Crippen molar-refractivity contribution in [3.63, 3.8) is 0 Å². The van der Waals surface area contributed by atoms with Crippen LogP contribution in [0.4, 0.5) is 5.69 Å². The van der Waals surface area contributed by atoms with Crippen molar-refractivity contribution in [1.82, 2.24) is 0 Å². The van der Waals surface area contributed by atoms with Crippen molar-refractivity contribution in [2.45, 2.75) is 6.04 Å². The third-order valence-electron chi connectivity index (χ3n) is 2.36. The maximum Gasteiger partial charge on any atom is 0.0844 e. The fourth-order valence-electron chi connectivity index (χ4n) is 1.52. The Balaban J connectivity index is 2.17. The lowest BCUT2D eigenvalue weighted by Crippen LogP contribution is -2.19. The van der Waals surface area contributed by atoms with Gasteiger partial charge in [0.1, 0.15) is 0 Å². The molecular weight excluding hydrogens is 364 g/mol. The van der Waals surface area contributed by atoms with Gasteiger partial charge in [0, 0.05) is 21.6 Å². The molecule has 1 atom stereocenters. The van der Waals surface area contributed by atoms with Gasteiger partial charge < -0.3 is 11.1 Å². The van der Waals surface area contributed by atoms with Gasteiger partial charge in [-0.05, 0) is 50.1 Å². The van der Waals surface area contributed by atoms with Crippen LogP contribution < -0.4 is 11.1 Å². The van der Waals surface area contributed by atoms with Crippen LogP contribution in [0.25, 0.3) is 0 Å². The van der Waals surface area contributed by atoms with Gasteiger partial charge in [0.15, 0.2) is 0 Å². The number of hydrogen-bond acceptors (Lipinski definition) is 3. The van der Waals surface area contributed by atoms with Crippen LogP contribution in [0, 0.1) is 0 Å². The van der Waals surface area contributed by atoms with Crippen LogP contribution in [0.3, 0.4) is 0 Å². The Morgan fingerprint density at radius 3 is 2.47 bits per heavy atom. The second-order valence-corrected chi connectivity index (χ2v) is 6.83. The molecule has 3 N–H and O–H groups in total. The lowest BCUT2D eigenvalue weighted by Gasteiger charge is -2.16. The molecule has 0 radical (unpaired) electrons. The van der Waals surface area contributed by atoms with Crippen LogP contribution in [0.15, 0.2) is 44.7 Å². The van der Waals surface area contributed by atoms with Gasteiger partial charge in [0.2, 0.25) is 0 Å². The van der Waals surface area contributed by atoms with E-state index in [-0.39, 0.29) is 6.04 Å². The van der Waals surface area contributed by atoms with E-state index in [1.54, 1.807) is 11.3 Å². The monoisotopic (exact) mass is 374 g/mol. The van der Waals surface area contributed by atoms with Crippen molar-refractivity contribution in [1.29, 1.82) is 0 Å². The van der Waals surface area contributed by atoms with Crippen LogP contribution in [0.5, 0.6) is 0 Å². The zero-order valence-corrected chi connectivity index (χ0v) is 13.0. The van der Waals surface area contributed by atoms with Crippen LogP contribution >= 0.6 is 43.2 Å². The number of halogens is 2. The van der Waals surface area contributed by atoms with Gasteiger partial charge in [-0.25, -0.2) is 0 Å². The van der Waals surface area contributed by atoms with Crippen LogP contribution in [0.1, 0.15) is 10.9 Å². The molecular formula is C12H12Br2N2S. The highest BCUT2D eigenvalue weighted by molar-refractivity contribution is 9.13. The first-order valence-electron chi connectivity index (χ1n) is 5.17. The topological polar surface area (TPSA) is 38.0 Å². The van der Waals surface area contributed by atoms with Crippen molar-refractivity contribution in [2.75, 3.05) is 11.9 Å². The quantitative estimate of drug-likeness (QED) is 0.831. The van der Waals surface area contributed by atoms with E-state index in [1.165, 1.54) is 4.88 Å². The molecule has 2 rings (SSSR count). The summed E-state index contributed by atoms with van der Waals surface area (Å²) in [5, 5.41) is 3.43. The standard InChI is InChI=1S/C12H12Br2N2S/c13-9-6-11(17-12(9)14)10(7-15)16-8-4-2-1-3-5-8/h1-6,10,16H,7,15H2. The van der Waals surface area contributed by atoms with E-state index in [0.29, 0.717) is 6.54 Å². The van der Waals surface area contributed by atoms with Crippen molar-refractivity contribution in [3.8, 4) is 0 Å². The van der Waals surface area contributed by atoms with Gasteiger partial charge in [0.05, 0.1) is 9.83 Å². The van der Waals surface area contributed by atoms with Crippen molar-refractivity contribution < 1.29 is 0 Å². The summed E-state index contributed by atoms with van der Waals surface area (Å²) in [6, 6.07) is 12.3. The molecule has 0 bridgehead atoms. The van der Waals surface area contributed by atoms with E-state index in [2.05, 4.69) is 43.2 Å². The van der Waals surface area contributed by atoms with Crippen LogP contribution in [0.2, 0.25) is 0 Å². The summed E-state index contributed by atoms with van der Waals surface area (Å²) < 4.78 is 2.17. The van der Waals surface area contributed by atoms with E-state index >= 15 is 0 Å². The minimum absolute atomic E-state index is 0.144. The van der Waals surface area contributed by atoms with Gasteiger partial charge >= 0.3 is 0 Å². The molecule has 0 aliphatic heterocycles. The molecule has 90 valence electrons. The van der Waals surface area contributed by atoms with Gasteiger partial charge in [-0.1, -0.05) is 18.2 Å². The number of anilines is 1. The lowest BCUT2D eigenvalue weighted by molar-refractivity contribution is 0.805. The van der Waals surface area contributed by atoms with Gasteiger partial charge in [-0.15, -0.1) is 11.3 Å². The number of benzene rings is 1. The fraction of sp³-hybridized carbons (Fsp3) is 0.167. The number of thiophene rings is 1. The summed E-state index contributed by atoms with van der Waals surface area (Å²) in [5.41, 5.74) is 6.91. The van der Waals surface area contributed by atoms with E-state index in [1.807, 2.05) is 30.3 Å². The zero-order chi connectivity index (χ0) is 12.3. The Labute approximate surface area is 121 Å². The Morgan fingerprint density at radius 1 is 1.24 bits per heavy atom. The largest absolute Gasteiger partial charge is 0.376 e. The van der Waals surface area contributed by atoms with Gasteiger partial charge in [-0.2, -0.15) is 0 Å². The lowest BCUT2D eigenvalue weighted by atomic mass is 10.2. The summed E-state index contributed by atoms with van der Waals surface area (Å²) in [6.07, 6.45) is 0. The molecule has 0 saturated heterocycles. The normalized spacial score (nSPS) is 12.4. The Kier molecular flexibility index (Phi) is 4.62. The van der Waals surface area contributed by atoms with Crippen molar-refractivity contribution in [2.24, 2.45) is 5.73 Å². The maximum absolute atomic E-state index is 5.83. The molecule has 1 unspecified atom stereocenters. The highest BCUT2D eigenvalue weighted by Crippen LogP contribution is 2.36. The molecule has 0 spiro atoms. The molecule has 0 aliphatic rings. The average Bonchev–Trinajstić information content (AvgIpc) is 2.68. The Hall–Kier alpha value is -0.360. The highest BCUT2D eigenvalue weighted by Gasteiger charge is 2.14. The predicted molar refractivity (Wildman–Crippen MR) is 81.6 cm³/mol. The molecule has 2 nitrogen and oxygen atoms in total. The summed E-state index contributed by atoms with van der Waals surface area (Å²) in [6.45, 7) is 0.564. The molecule has 0 amide bonds. The van der Waals surface area contributed by atoms with E-state index < -0.39 is 0 Å². The minimum Gasteiger partial charge on any atom is -0.376 e. The number of hydrogen-bond donors (Lipinski definition) is 2. The van der Waals surface area contributed by atoms with Crippen LogP contribution in [-0.2, 0) is 0 Å². The highest BCUT2D eigenvalue weighted by atomic mass is 79.9. The first kappa shape index (κ1) is 13.1. The van der Waals surface area contributed by atoms with E-state index in [4.69, 9.17) is 5.73 Å². The molecule has 1 aromatic heterocycles.